The molecule has 5 rings (SSSR count). The summed E-state index contributed by atoms with van der Waals surface area (Å²) in [7, 11) is 0. The molecule has 0 amide bonds. The minimum absolute atomic E-state index is 0.179. The van der Waals surface area contributed by atoms with Gasteiger partial charge in [0, 0.05) is 15.1 Å². The monoisotopic (exact) mass is 725 g/mol. The molecule has 0 radical (unpaired) electrons. The minimum Gasteiger partial charge on any atom is -0.487 e. The van der Waals surface area contributed by atoms with Crippen LogP contribution in [-0.2, 0) is 16.1 Å². The largest absolute Gasteiger partial charge is 0.487 e. The van der Waals surface area contributed by atoms with Crippen LogP contribution in [0.25, 0.3) is 6.08 Å². The van der Waals surface area contributed by atoms with E-state index in [4.69, 9.17) is 26.3 Å². The number of nitrogens with zero attached hydrogens (tertiary/aromatic N) is 3. The number of halogens is 3. The van der Waals surface area contributed by atoms with E-state index in [2.05, 4.69) is 42.9 Å². The van der Waals surface area contributed by atoms with Crippen molar-refractivity contribution in [1.29, 1.82) is 5.26 Å². The molecule has 0 saturated heterocycles. The highest BCUT2D eigenvalue weighted by Crippen LogP contribution is 2.36. The summed E-state index contributed by atoms with van der Waals surface area (Å²) in [4.78, 5) is 32.2. The fourth-order valence-electron chi connectivity index (χ4n) is 4.59. The Labute approximate surface area is 267 Å². The van der Waals surface area contributed by atoms with Gasteiger partial charge in [-0.1, -0.05) is 69.2 Å². The van der Waals surface area contributed by atoms with E-state index in [9.17, 15) is 9.59 Å². The quantitative estimate of drug-likeness (QED) is 0.205. The van der Waals surface area contributed by atoms with Crippen molar-refractivity contribution in [3.8, 4) is 11.8 Å². The van der Waals surface area contributed by atoms with Crippen LogP contribution in [0.3, 0.4) is 0 Å². The molecule has 0 saturated carbocycles. The summed E-state index contributed by atoms with van der Waals surface area (Å²) in [5, 5.41) is 9.49. The zero-order valence-corrected chi connectivity index (χ0v) is 27.1. The number of rotatable bonds is 7. The molecule has 1 atom stereocenters. The van der Waals surface area contributed by atoms with Crippen LogP contribution in [0.2, 0.25) is 5.02 Å². The number of nitriles is 1. The first-order valence-electron chi connectivity index (χ1n) is 12.8. The Hall–Kier alpha value is -3.49. The van der Waals surface area contributed by atoms with E-state index < -0.39 is 12.0 Å². The number of allylic oxidation sites excluding steroid dienone is 1. The van der Waals surface area contributed by atoms with Crippen LogP contribution < -0.4 is 19.6 Å². The third kappa shape index (κ3) is 6.01. The predicted octanol–water partition coefficient (Wildman–Crippen LogP) is 6.43. The van der Waals surface area contributed by atoms with Crippen LogP contribution in [0.1, 0.15) is 42.1 Å². The SMILES string of the molecule is CCOC(=O)C1=C(C)N=c2s/c(=C\c3cc(Br)cc(Br)c3OCc3ccc(C#N)cc3)c(=O)n2[C@@H]1c1ccccc1Cl. The summed E-state index contributed by atoms with van der Waals surface area (Å²) in [5.41, 5.74) is 3.11. The summed E-state index contributed by atoms with van der Waals surface area (Å²) < 4.78 is 14.9. The van der Waals surface area contributed by atoms with Crippen molar-refractivity contribution in [2.45, 2.75) is 26.5 Å². The maximum absolute atomic E-state index is 14.0. The molecule has 0 bridgehead atoms. The van der Waals surface area contributed by atoms with E-state index in [1.54, 1.807) is 50.3 Å². The van der Waals surface area contributed by atoms with E-state index in [0.717, 1.165) is 10.0 Å². The molecule has 1 aliphatic rings. The highest BCUT2D eigenvalue weighted by molar-refractivity contribution is 9.11. The van der Waals surface area contributed by atoms with Gasteiger partial charge >= 0.3 is 5.97 Å². The van der Waals surface area contributed by atoms with Crippen LogP contribution in [0.4, 0.5) is 0 Å². The topological polar surface area (TPSA) is 93.7 Å². The second-order valence-corrected chi connectivity index (χ2v) is 12.4. The highest BCUT2D eigenvalue weighted by Gasteiger charge is 2.34. The number of benzene rings is 3. The predicted molar refractivity (Wildman–Crippen MR) is 169 cm³/mol. The fourth-order valence-corrected chi connectivity index (χ4v) is 7.24. The maximum Gasteiger partial charge on any atom is 0.338 e. The Balaban J connectivity index is 1.64. The molecule has 0 spiro atoms. The lowest BCUT2D eigenvalue weighted by Gasteiger charge is -2.25. The molecule has 11 heteroatoms. The Morgan fingerprint density at radius 3 is 2.62 bits per heavy atom. The number of fused-ring (bicyclic) bond motifs is 1. The first kappa shape index (κ1) is 30.0. The summed E-state index contributed by atoms with van der Waals surface area (Å²) in [6.07, 6.45) is 1.75. The van der Waals surface area contributed by atoms with Gasteiger partial charge in [0.15, 0.2) is 4.80 Å². The van der Waals surface area contributed by atoms with Gasteiger partial charge in [-0.3, -0.25) is 9.36 Å². The molecule has 0 fully saturated rings. The molecule has 0 N–H and O–H groups in total. The third-order valence-corrected chi connectivity index (χ3v) is 8.88. The van der Waals surface area contributed by atoms with E-state index in [-0.39, 0.29) is 24.3 Å². The molecule has 7 nitrogen and oxygen atoms in total. The summed E-state index contributed by atoms with van der Waals surface area (Å²) in [6.45, 7) is 3.89. The molecule has 3 aromatic carbocycles. The smallest absolute Gasteiger partial charge is 0.338 e. The molecule has 212 valence electrons. The lowest BCUT2D eigenvalue weighted by Crippen LogP contribution is -2.40. The van der Waals surface area contributed by atoms with Crippen molar-refractivity contribution in [3.63, 3.8) is 0 Å². The van der Waals surface area contributed by atoms with Crippen molar-refractivity contribution in [1.82, 2.24) is 4.57 Å². The van der Waals surface area contributed by atoms with Crippen molar-refractivity contribution in [2.24, 2.45) is 4.99 Å². The molecule has 42 heavy (non-hydrogen) atoms. The third-order valence-electron chi connectivity index (χ3n) is 6.51. The summed E-state index contributed by atoms with van der Waals surface area (Å²) >= 11 is 14.9. The average Bonchev–Trinajstić information content (AvgIpc) is 3.26. The van der Waals surface area contributed by atoms with Crippen molar-refractivity contribution >= 4 is 66.8 Å². The summed E-state index contributed by atoms with van der Waals surface area (Å²) in [6, 6.07) is 19.3. The number of carbonyl (C=O) groups excluding carboxylic acids is 1. The fraction of sp³-hybridized carbons (Fsp3) is 0.161. The zero-order chi connectivity index (χ0) is 30.0. The molecule has 1 aromatic heterocycles. The van der Waals surface area contributed by atoms with Crippen molar-refractivity contribution < 1.29 is 14.3 Å². The van der Waals surface area contributed by atoms with Crippen LogP contribution in [-0.4, -0.2) is 17.1 Å². The number of esters is 1. The Kier molecular flexibility index (Phi) is 9.13. The standard InChI is InChI=1S/C31H22Br2ClN3O4S/c1-3-40-30(39)26-17(2)36-31-37(27(26)22-6-4-5-7-24(22)34)29(38)25(42-31)13-20-12-21(32)14-23(33)28(20)41-16-19-10-8-18(15-35)9-11-19/h4-14,27H,3,16H2,1-2H3/b25-13-/t27-/m1/s1. The average molecular weight is 728 g/mol. The molecule has 0 aliphatic carbocycles. The Morgan fingerprint density at radius 2 is 1.93 bits per heavy atom. The molecule has 0 unspecified atom stereocenters. The van der Waals surface area contributed by atoms with Crippen LogP contribution in [0.5, 0.6) is 5.75 Å². The van der Waals surface area contributed by atoms with Gasteiger partial charge in [-0.15, -0.1) is 0 Å². The second-order valence-electron chi connectivity index (χ2n) is 9.23. The number of ether oxygens (including phenoxy) is 2. The maximum atomic E-state index is 14.0. The van der Waals surface area contributed by atoms with E-state index >= 15 is 0 Å². The molecule has 1 aliphatic heterocycles. The number of hydrogen-bond acceptors (Lipinski definition) is 7. The van der Waals surface area contributed by atoms with Gasteiger partial charge in [-0.05, 0) is 77.3 Å². The number of hydrogen-bond donors (Lipinski definition) is 0. The first-order valence-corrected chi connectivity index (χ1v) is 15.5. The van der Waals surface area contributed by atoms with E-state index in [0.29, 0.717) is 47.0 Å². The number of aromatic nitrogens is 1. The summed E-state index contributed by atoms with van der Waals surface area (Å²) in [5.74, 6) is -0.00759. The lowest BCUT2D eigenvalue weighted by atomic mass is 9.96. The first-order chi connectivity index (χ1) is 20.2. The van der Waals surface area contributed by atoms with Gasteiger partial charge in [0.1, 0.15) is 18.4 Å². The van der Waals surface area contributed by atoms with Gasteiger partial charge < -0.3 is 9.47 Å². The molecular weight excluding hydrogens is 706 g/mol. The second kappa shape index (κ2) is 12.8. The van der Waals surface area contributed by atoms with Gasteiger partial charge in [0.05, 0.1) is 38.5 Å². The van der Waals surface area contributed by atoms with Gasteiger partial charge in [0.2, 0.25) is 0 Å². The highest BCUT2D eigenvalue weighted by atomic mass is 79.9. The van der Waals surface area contributed by atoms with E-state index in [1.807, 2.05) is 30.3 Å². The zero-order valence-electron chi connectivity index (χ0n) is 22.4. The van der Waals surface area contributed by atoms with Crippen LogP contribution in [0, 0.1) is 11.3 Å². The van der Waals surface area contributed by atoms with E-state index in [1.165, 1.54) is 15.9 Å². The minimum atomic E-state index is -0.808. The normalized spacial score (nSPS) is 14.7. The number of thiazole rings is 1. The Morgan fingerprint density at radius 1 is 1.19 bits per heavy atom. The molecule has 2 heterocycles. The molecular formula is C31H22Br2ClN3O4S. The van der Waals surface area contributed by atoms with Gasteiger partial charge in [-0.25, -0.2) is 9.79 Å². The number of carbonyl (C=O) groups is 1. The van der Waals surface area contributed by atoms with Crippen LogP contribution >= 0.6 is 54.8 Å². The van der Waals surface area contributed by atoms with Gasteiger partial charge in [0.25, 0.3) is 5.56 Å². The van der Waals surface area contributed by atoms with Gasteiger partial charge in [-0.2, -0.15) is 5.26 Å². The Bertz CT molecular complexity index is 1960. The lowest BCUT2D eigenvalue weighted by molar-refractivity contribution is -0.139. The molecule has 4 aromatic rings. The van der Waals surface area contributed by atoms with Crippen LogP contribution in [0.15, 0.2) is 90.7 Å². The van der Waals surface area contributed by atoms with Crippen molar-refractivity contribution in [3.05, 3.63) is 128 Å². The van der Waals surface area contributed by atoms with Crippen molar-refractivity contribution in [2.75, 3.05) is 6.61 Å².